The maximum absolute atomic E-state index is 13.3. The summed E-state index contributed by atoms with van der Waals surface area (Å²) in [6, 6.07) is 21.9. The molecule has 4 rings (SSSR count). The Labute approximate surface area is 153 Å². The minimum atomic E-state index is -0.796. The molecule has 0 N–H and O–H groups in total. The number of ether oxygens (including phenoxy) is 1. The molecule has 4 nitrogen and oxygen atoms in total. The number of benzene rings is 2. The van der Waals surface area contributed by atoms with Crippen LogP contribution in [0.15, 0.2) is 72.9 Å². The molecule has 3 aromatic rings. The molecule has 0 bridgehead atoms. The first-order chi connectivity index (χ1) is 12.6. The van der Waals surface area contributed by atoms with Crippen molar-refractivity contribution in [2.75, 3.05) is 0 Å². The van der Waals surface area contributed by atoms with Crippen molar-refractivity contribution >= 4 is 5.97 Å². The lowest BCUT2D eigenvalue weighted by Gasteiger charge is -2.31. The molecule has 1 saturated heterocycles. The van der Waals surface area contributed by atoms with Crippen LogP contribution in [0.5, 0.6) is 0 Å². The predicted molar refractivity (Wildman–Crippen MR) is 99.7 cm³/mol. The van der Waals surface area contributed by atoms with Crippen LogP contribution in [0.3, 0.4) is 0 Å². The van der Waals surface area contributed by atoms with E-state index < -0.39 is 5.41 Å². The van der Waals surface area contributed by atoms with Gasteiger partial charge in [0, 0.05) is 12.1 Å². The van der Waals surface area contributed by atoms with Gasteiger partial charge in [0.2, 0.25) is 0 Å². The van der Waals surface area contributed by atoms with Crippen LogP contribution in [0.2, 0.25) is 0 Å². The molecule has 2 aromatic carbocycles. The molecular weight excluding hydrogens is 324 g/mol. The lowest BCUT2D eigenvalue weighted by molar-refractivity contribution is -0.145. The van der Waals surface area contributed by atoms with Gasteiger partial charge in [0.25, 0.3) is 0 Å². The van der Waals surface area contributed by atoms with E-state index in [-0.39, 0.29) is 18.0 Å². The predicted octanol–water partition coefficient (Wildman–Crippen LogP) is 3.74. The van der Waals surface area contributed by atoms with E-state index in [0.717, 1.165) is 16.8 Å². The highest BCUT2D eigenvalue weighted by Crippen LogP contribution is 2.47. The Morgan fingerprint density at radius 3 is 2.08 bits per heavy atom. The number of hydrogen-bond donors (Lipinski definition) is 0. The molecule has 2 atom stereocenters. The van der Waals surface area contributed by atoms with Gasteiger partial charge in [-0.05, 0) is 24.1 Å². The molecule has 2 unspecified atom stereocenters. The average molecular weight is 346 g/mol. The molecule has 132 valence electrons. The van der Waals surface area contributed by atoms with Gasteiger partial charge in [0.15, 0.2) is 0 Å². The molecule has 0 saturated carbocycles. The van der Waals surface area contributed by atoms with Crippen LogP contribution in [-0.4, -0.2) is 21.9 Å². The zero-order chi connectivity index (χ0) is 18.1. The molecule has 0 spiro atoms. The molecule has 0 amide bonds. The molecule has 0 radical (unpaired) electrons. The summed E-state index contributed by atoms with van der Waals surface area (Å²) < 4.78 is 7.77. The number of nitrogens with zero attached hydrogens (tertiary/aromatic N) is 2. The first-order valence-electron chi connectivity index (χ1n) is 8.94. The lowest BCUT2D eigenvalue weighted by atomic mass is 9.66. The van der Waals surface area contributed by atoms with Gasteiger partial charge in [-0.2, -0.15) is 5.10 Å². The third kappa shape index (κ3) is 2.53. The number of rotatable bonds is 4. The van der Waals surface area contributed by atoms with Gasteiger partial charge in [-0.25, -0.2) is 0 Å². The Morgan fingerprint density at radius 2 is 1.58 bits per heavy atom. The molecule has 1 aliphatic heterocycles. The van der Waals surface area contributed by atoms with E-state index in [4.69, 9.17) is 4.74 Å². The highest BCUT2D eigenvalue weighted by Gasteiger charge is 2.57. The Morgan fingerprint density at radius 1 is 1.00 bits per heavy atom. The fraction of sp³-hybridized carbons (Fsp3) is 0.273. The highest BCUT2D eigenvalue weighted by molar-refractivity contribution is 5.90. The van der Waals surface area contributed by atoms with E-state index in [2.05, 4.69) is 12.0 Å². The number of hydrogen-bond acceptors (Lipinski definition) is 3. The molecule has 4 heteroatoms. The summed E-state index contributed by atoms with van der Waals surface area (Å²) in [6.45, 7) is 4.62. The summed E-state index contributed by atoms with van der Waals surface area (Å²) >= 11 is 0. The Bertz CT molecular complexity index is 863. The third-order valence-corrected chi connectivity index (χ3v) is 5.42. The quantitative estimate of drug-likeness (QED) is 0.676. The molecule has 1 fully saturated rings. The van der Waals surface area contributed by atoms with Crippen LogP contribution in [0, 0.1) is 12.8 Å². The monoisotopic (exact) mass is 346 g/mol. The van der Waals surface area contributed by atoms with Crippen LogP contribution in [0.4, 0.5) is 0 Å². The zero-order valence-corrected chi connectivity index (χ0v) is 15.0. The van der Waals surface area contributed by atoms with E-state index in [1.54, 1.807) is 0 Å². The Balaban J connectivity index is 1.79. The van der Waals surface area contributed by atoms with Crippen LogP contribution >= 0.6 is 0 Å². The van der Waals surface area contributed by atoms with Crippen LogP contribution in [0.1, 0.15) is 23.7 Å². The second-order valence-electron chi connectivity index (χ2n) is 6.95. The zero-order valence-electron chi connectivity index (χ0n) is 15.0. The summed E-state index contributed by atoms with van der Waals surface area (Å²) in [5, 5.41) is 4.45. The summed E-state index contributed by atoms with van der Waals surface area (Å²) in [6.07, 6.45) is 1.70. The minimum Gasteiger partial charge on any atom is -0.459 e. The first kappa shape index (κ1) is 16.6. The van der Waals surface area contributed by atoms with E-state index in [1.165, 1.54) is 0 Å². The van der Waals surface area contributed by atoms with Gasteiger partial charge in [-0.3, -0.25) is 9.48 Å². The van der Waals surface area contributed by atoms with Crippen molar-refractivity contribution < 1.29 is 9.53 Å². The van der Waals surface area contributed by atoms with Crippen LogP contribution in [0.25, 0.3) is 0 Å². The minimum absolute atomic E-state index is 0.0238. The van der Waals surface area contributed by atoms with Crippen LogP contribution in [-0.2, 0) is 21.5 Å². The molecule has 26 heavy (non-hydrogen) atoms. The maximum atomic E-state index is 13.3. The van der Waals surface area contributed by atoms with Crippen molar-refractivity contribution in [1.29, 1.82) is 0 Å². The van der Waals surface area contributed by atoms with Gasteiger partial charge < -0.3 is 4.74 Å². The number of carbonyl (C=O) groups is 1. The standard InChI is InChI=1S/C22H22N2O2/c1-16-13-14-24(23-16)15-20-17(2)22(21(25)26-20,18-9-5-3-6-10-18)19-11-7-4-8-12-19/h3-14,17,20H,15H2,1-2H3. The van der Waals surface area contributed by atoms with Crippen molar-refractivity contribution in [2.45, 2.75) is 31.9 Å². The summed E-state index contributed by atoms with van der Waals surface area (Å²) in [7, 11) is 0. The maximum Gasteiger partial charge on any atom is 0.321 e. The second-order valence-corrected chi connectivity index (χ2v) is 6.95. The third-order valence-electron chi connectivity index (χ3n) is 5.42. The summed E-state index contributed by atoms with van der Waals surface area (Å²) in [5.41, 5.74) is 2.11. The normalized spacial score (nSPS) is 21.5. The van der Waals surface area contributed by atoms with Gasteiger partial charge in [-0.1, -0.05) is 67.6 Å². The van der Waals surface area contributed by atoms with Crippen molar-refractivity contribution in [3.05, 3.63) is 89.7 Å². The van der Waals surface area contributed by atoms with E-state index in [0.29, 0.717) is 6.54 Å². The number of esters is 1. The van der Waals surface area contributed by atoms with Gasteiger partial charge in [0.1, 0.15) is 11.5 Å². The molecule has 0 aliphatic carbocycles. The van der Waals surface area contributed by atoms with E-state index in [1.807, 2.05) is 84.5 Å². The topological polar surface area (TPSA) is 44.1 Å². The lowest BCUT2D eigenvalue weighted by Crippen LogP contribution is -2.39. The van der Waals surface area contributed by atoms with Crippen LogP contribution < -0.4 is 0 Å². The Hall–Kier alpha value is -2.88. The van der Waals surface area contributed by atoms with Crippen molar-refractivity contribution in [1.82, 2.24) is 9.78 Å². The number of cyclic esters (lactones) is 1. The van der Waals surface area contributed by atoms with Crippen molar-refractivity contribution in [3.8, 4) is 0 Å². The summed E-state index contributed by atoms with van der Waals surface area (Å²) in [4.78, 5) is 13.3. The SMILES string of the molecule is Cc1ccn(CC2OC(=O)C(c3ccccc3)(c3ccccc3)C2C)n1. The first-order valence-corrected chi connectivity index (χ1v) is 8.94. The van der Waals surface area contributed by atoms with Crippen molar-refractivity contribution in [3.63, 3.8) is 0 Å². The Kier molecular flexibility index (Phi) is 4.11. The van der Waals surface area contributed by atoms with E-state index in [9.17, 15) is 4.79 Å². The molecule has 1 aliphatic rings. The molecule has 1 aromatic heterocycles. The number of aryl methyl sites for hydroxylation is 1. The smallest absolute Gasteiger partial charge is 0.321 e. The van der Waals surface area contributed by atoms with Gasteiger partial charge >= 0.3 is 5.97 Å². The second kappa shape index (κ2) is 6.45. The van der Waals surface area contributed by atoms with E-state index >= 15 is 0 Å². The molecule has 2 heterocycles. The molecular formula is C22H22N2O2. The fourth-order valence-electron chi connectivity index (χ4n) is 4.07. The highest BCUT2D eigenvalue weighted by atomic mass is 16.6. The van der Waals surface area contributed by atoms with Gasteiger partial charge in [0.05, 0.1) is 12.2 Å². The van der Waals surface area contributed by atoms with Gasteiger partial charge in [-0.15, -0.1) is 0 Å². The summed E-state index contributed by atoms with van der Waals surface area (Å²) in [5.74, 6) is -0.208. The fourth-order valence-corrected chi connectivity index (χ4v) is 4.07. The largest absolute Gasteiger partial charge is 0.459 e. The number of carbonyl (C=O) groups excluding carboxylic acids is 1. The van der Waals surface area contributed by atoms with Crippen molar-refractivity contribution in [2.24, 2.45) is 5.92 Å². The average Bonchev–Trinajstić information content (AvgIpc) is 3.18. The number of aromatic nitrogens is 2.